The molecule has 1 saturated carbocycles. The van der Waals surface area contributed by atoms with Gasteiger partial charge in [0.05, 0.1) is 10.8 Å². The number of alkyl halides is 3. The standard InChI is InChI=1S/C8H8F3N3O/c9-8(10,11)7-1-6(7,2-12-3-7)5-14-13-4-15-5/h4,12H,1-3H2/t6-,7-/m0/s1. The van der Waals surface area contributed by atoms with E-state index in [1.165, 1.54) is 0 Å². The van der Waals surface area contributed by atoms with E-state index in [-0.39, 0.29) is 25.4 Å². The van der Waals surface area contributed by atoms with Crippen LogP contribution in [-0.2, 0) is 5.41 Å². The largest absolute Gasteiger partial charge is 0.427 e. The molecule has 2 heterocycles. The third-order valence-electron chi connectivity index (χ3n) is 3.56. The molecule has 0 unspecified atom stereocenters. The van der Waals surface area contributed by atoms with E-state index in [1.807, 2.05) is 0 Å². The van der Waals surface area contributed by atoms with Crippen molar-refractivity contribution in [3.8, 4) is 0 Å². The summed E-state index contributed by atoms with van der Waals surface area (Å²) in [5, 5.41) is 9.80. The molecule has 4 nitrogen and oxygen atoms in total. The molecule has 1 saturated heterocycles. The zero-order valence-electron chi connectivity index (χ0n) is 7.64. The summed E-state index contributed by atoms with van der Waals surface area (Å²) in [4.78, 5) is 0. The van der Waals surface area contributed by atoms with Crippen LogP contribution in [0, 0.1) is 5.41 Å². The molecule has 2 aliphatic rings. The first-order valence-corrected chi connectivity index (χ1v) is 4.56. The zero-order chi connectivity index (χ0) is 10.7. The van der Waals surface area contributed by atoms with Gasteiger partial charge in [0, 0.05) is 13.1 Å². The lowest BCUT2D eigenvalue weighted by atomic mass is 9.95. The van der Waals surface area contributed by atoms with Gasteiger partial charge in [0.25, 0.3) is 0 Å². The van der Waals surface area contributed by atoms with E-state index < -0.39 is 17.0 Å². The van der Waals surface area contributed by atoms with Crippen LogP contribution in [0.25, 0.3) is 0 Å². The fraction of sp³-hybridized carbons (Fsp3) is 0.750. The molecule has 3 rings (SSSR count). The monoisotopic (exact) mass is 219 g/mol. The van der Waals surface area contributed by atoms with E-state index in [0.717, 1.165) is 6.39 Å². The molecule has 82 valence electrons. The third-order valence-corrected chi connectivity index (χ3v) is 3.56. The van der Waals surface area contributed by atoms with Gasteiger partial charge in [0.1, 0.15) is 0 Å². The van der Waals surface area contributed by atoms with Gasteiger partial charge in [0.15, 0.2) is 0 Å². The molecule has 0 radical (unpaired) electrons. The first-order valence-electron chi connectivity index (χ1n) is 4.56. The molecule has 2 fully saturated rings. The van der Waals surface area contributed by atoms with Crippen LogP contribution in [0.3, 0.4) is 0 Å². The second-order valence-electron chi connectivity index (χ2n) is 4.19. The van der Waals surface area contributed by atoms with Crippen molar-refractivity contribution < 1.29 is 17.6 Å². The average Bonchev–Trinajstić information content (AvgIpc) is 2.58. The molecule has 1 aliphatic carbocycles. The highest BCUT2D eigenvalue weighted by atomic mass is 19.4. The van der Waals surface area contributed by atoms with Gasteiger partial charge in [-0.2, -0.15) is 13.2 Å². The Morgan fingerprint density at radius 2 is 2.20 bits per heavy atom. The van der Waals surface area contributed by atoms with Gasteiger partial charge in [-0.1, -0.05) is 0 Å². The van der Waals surface area contributed by atoms with E-state index >= 15 is 0 Å². The summed E-state index contributed by atoms with van der Waals surface area (Å²) in [7, 11) is 0. The van der Waals surface area contributed by atoms with Gasteiger partial charge < -0.3 is 9.73 Å². The van der Waals surface area contributed by atoms with Gasteiger partial charge in [-0.15, -0.1) is 10.2 Å². The zero-order valence-corrected chi connectivity index (χ0v) is 7.64. The summed E-state index contributed by atoms with van der Waals surface area (Å²) in [6, 6.07) is 0. The van der Waals surface area contributed by atoms with E-state index in [2.05, 4.69) is 15.5 Å². The number of halogens is 3. The topological polar surface area (TPSA) is 51.0 Å². The van der Waals surface area contributed by atoms with Crippen LogP contribution in [0.4, 0.5) is 13.2 Å². The number of aromatic nitrogens is 2. The van der Waals surface area contributed by atoms with Crippen LogP contribution in [-0.4, -0.2) is 29.5 Å². The Labute approximate surface area is 82.9 Å². The predicted octanol–water partition coefficient (Wildman–Crippen LogP) is 0.863. The number of nitrogens with zero attached hydrogens (tertiary/aromatic N) is 2. The molecule has 7 heteroatoms. The minimum Gasteiger partial charge on any atom is -0.427 e. The first-order chi connectivity index (χ1) is 7.02. The molecule has 1 aromatic heterocycles. The van der Waals surface area contributed by atoms with Crippen molar-refractivity contribution in [2.24, 2.45) is 5.41 Å². The van der Waals surface area contributed by atoms with Crippen molar-refractivity contribution in [2.75, 3.05) is 13.1 Å². The van der Waals surface area contributed by atoms with Crippen molar-refractivity contribution >= 4 is 0 Å². The Morgan fingerprint density at radius 1 is 1.40 bits per heavy atom. The highest BCUT2D eigenvalue weighted by Crippen LogP contribution is 2.72. The van der Waals surface area contributed by atoms with Crippen LogP contribution < -0.4 is 5.32 Å². The van der Waals surface area contributed by atoms with E-state index in [9.17, 15) is 13.2 Å². The third kappa shape index (κ3) is 0.871. The fourth-order valence-corrected chi connectivity index (χ4v) is 2.63. The SMILES string of the molecule is FC(F)(F)[C@@]12CNC[C@]1(c1nnco1)C2. The summed E-state index contributed by atoms with van der Waals surface area (Å²) < 4.78 is 43.6. The average molecular weight is 219 g/mol. The van der Waals surface area contributed by atoms with Crippen molar-refractivity contribution in [2.45, 2.75) is 18.0 Å². The molecule has 0 bridgehead atoms. The van der Waals surface area contributed by atoms with Gasteiger partial charge in [-0.3, -0.25) is 0 Å². The number of piperidine rings is 1. The molecule has 1 aliphatic heterocycles. The lowest BCUT2D eigenvalue weighted by Gasteiger charge is -2.18. The maximum absolute atomic E-state index is 12.9. The molecule has 15 heavy (non-hydrogen) atoms. The van der Waals surface area contributed by atoms with Gasteiger partial charge in [0.2, 0.25) is 12.3 Å². The number of hydrogen-bond acceptors (Lipinski definition) is 4. The highest BCUT2D eigenvalue weighted by Gasteiger charge is 2.84. The minimum absolute atomic E-state index is 0.0543. The molecule has 0 amide bonds. The van der Waals surface area contributed by atoms with E-state index in [0.29, 0.717) is 0 Å². The van der Waals surface area contributed by atoms with Crippen LogP contribution in [0.15, 0.2) is 10.8 Å². The molecular weight excluding hydrogens is 211 g/mol. The lowest BCUT2D eigenvalue weighted by Crippen LogP contribution is -2.33. The summed E-state index contributed by atoms with van der Waals surface area (Å²) >= 11 is 0. The molecule has 2 atom stereocenters. The van der Waals surface area contributed by atoms with E-state index in [1.54, 1.807) is 0 Å². The smallest absolute Gasteiger partial charge is 0.396 e. The van der Waals surface area contributed by atoms with Crippen LogP contribution in [0.2, 0.25) is 0 Å². The van der Waals surface area contributed by atoms with Crippen LogP contribution in [0.1, 0.15) is 12.3 Å². The van der Waals surface area contributed by atoms with Gasteiger partial charge in [-0.25, -0.2) is 0 Å². The number of rotatable bonds is 1. The molecule has 0 spiro atoms. The Hall–Kier alpha value is -1.11. The highest BCUT2D eigenvalue weighted by molar-refractivity contribution is 5.35. The number of fused-ring (bicyclic) bond motifs is 1. The lowest BCUT2D eigenvalue weighted by molar-refractivity contribution is -0.187. The summed E-state index contributed by atoms with van der Waals surface area (Å²) in [5.74, 6) is 0.102. The molecule has 1 N–H and O–H groups in total. The van der Waals surface area contributed by atoms with Gasteiger partial charge in [-0.05, 0) is 6.42 Å². The summed E-state index contributed by atoms with van der Waals surface area (Å²) in [6.07, 6.45) is -3.09. The summed E-state index contributed by atoms with van der Waals surface area (Å²) in [6.45, 7) is 0.202. The summed E-state index contributed by atoms with van der Waals surface area (Å²) in [5.41, 5.74) is -2.70. The normalized spacial score (nSPS) is 39.1. The van der Waals surface area contributed by atoms with E-state index in [4.69, 9.17) is 4.42 Å². The Kier molecular flexibility index (Phi) is 1.43. The van der Waals surface area contributed by atoms with Crippen molar-refractivity contribution in [1.82, 2.24) is 15.5 Å². The van der Waals surface area contributed by atoms with Crippen molar-refractivity contribution in [3.05, 3.63) is 12.3 Å². The van der Waals surface area contributed by atoms with Crippen LogP contribution >= 0.6 is 0 Å². The van der Waals surface area contributed by atoms with Crippen LogP contribution in [0.5, 0.6) is 0 Å². The Morgan fingerprint density at radius 3 is 2.73 bits per heavy atom. The second-order valence-corrected chi connectivity index (χ2v) is 4.19. The van der Waals surface area contributed by atoms with Gasteiger partial charge >= 0.3 is 6.18 Å². The quantitative estimate of drug-likeness (QED) is 0.761. The van der Waals surface area contributed by atoms with Crippen molar-refractivity contribution in [3.63, 3.8) is 0 Å². The minimum atomic E-state index is -4.22. The predicted molar refractivity (Wildman–Crippen MR) is 42.0 cm³/mol. The molecule has 1 aromatic rings. The molecule has 0 aromatic carbocycles. The maximum Gasteiger partial charge on any atom is 0.396 e. The number of hydrogen-bond donors (Lipinski definition) is 1. The first kappa shape index (κ1) is 9.14. The maximum atomic E-state index is 12.9. The fourth-order valence-electron chi connectivity index (χ4n) is 2.63. The van der Waals surface area contributed by atoms with Crippen molar-refractivity contribution in [1.29, 1.82) is 0 Å². The Bertz CT molecular complexity index is 390. The number of nitrogens with one attached hydrogen (secondary N) is 1. The second kappa shape index (κ2) is 2.34. The Balaban J connectivity index is 2.04. The molecular formula is C8H8F3N3O.